The molecule has 2 N–H and O–H groups in total. The smallest absolute Gasteiger partial charge is 0.191 e. The number of nitrogens with one attached hydrogen (secondary N) is 2. The minimum Gasteiger partial charge on any atom is -0.385 e. The molecule has 0 aliphatic carbocycles. The van der Waals surface area contributed by atoms with Gasteiger partial charge in [-0.1, -0.05) is 18.2 Å². The van der Waals surface area contributed by atoms with E-state index < -0.39 is 0 Å². The number of methoxy groups -OCH3 is 1. The molecule has 1 heterocycles. The van der Waals surface area contributed by atoms with Crippen LogP contribution < -0.4 is 15.5 Å². The van der Waals surface area contributed by atoms with Crippen molar-refractivity contribution in [3.8, 4) is 0 Å². The van der Waals surface area contributed by atoms with Crippen molar-refractivity contribution in [1.29, 1.82) is 0 Å². The number of aliphatic imine (C=N–C) groups is 1. The predicted octanol–water partition coefficient (Wildman–Crippen LogP) is 2.73. The monoisotopic (exact) mass is 560 g/mol. The van der Waals surface area contributed by atoms with Crippen LogP contribution in [0.1, 0.15) is 26.2 Å². The summed E-state index contributed by atoms with van der Waals surface area (Å²) in [5, 5.41) is 6.81. The molecule has 0 radical (unpaired) electrons. The standard InChI is InChI=1S/C24H44N6O.HI/c1-4-25-24(27-14-17-28(2)15-10-22-31-3)26-13-8-9-16-29-18-20-30(21-19-29)23-11-6-5-7-12-23;/h5-7,11-12H,4,8-10,13-22H2,1-3H3,(H2,25,26,27);1H. The van der Waals surface area contributed by atoms with Gasteiger partial charge in [-0.15, -0.1) is 24.0 Å². The van der Waals surface area contributed by atoms with Gasteiger partial charge in [0.25, 0.3) is 0 Å². The Labute approximate surface area is 213 Å². The zero-order chi connectivity index (χ0) is 22.2. The molecule has 32 heavy (non-hydrogen) atoms. The van der Waals surface area contributed by atoms with Crippen molar-refractivity contribution in [2.24, 2.45) is 4.99 Å². The van der Waals surface area contributed by atoms with Crippen molar-refractivity contribution in [3.63, 3.8) is 0 Å². The highest BCUT2D eigenvalue weighted by Crippen LogP contribution is 2.15. The number of likely N-dealkylation sites (N-methyl/N-ethyl adjacent to an activating group) is 1. The normalized spacial score (nSPS) is 15.0. The lowest BCUT2D eigenvalue weighted by atomic mass is 10.2. The molecule has 0 atom stereocenters. The second kappa shape index (κ2) is 18.3. The van der Waals surface area contributed by atoms with Gasteiger partial charge >= 0.3 is 0 Å². The molecular formula is C24H45IN6O. The maximum Gasteiger partial charge on any atom is 0.191 e. The lowest BCUT2D eigenvalue weighted by Crippen LogP contribution is -2.46. The molecule has 1 saturated heterocycles. The van der Waals surface area contributed by atoms with E-state index in [0.29, 0.717) is 0 Å². The molecule has 0 bridgehead atoms. The van der Waals surface area contributed by atoms with Gasteiger partial charge in [-0.3, -0.25) is 9.89 Å². The fourth-order valence-electron chi connectivity index (χ4n) is 3.80. The Morgan fingerprint density at radius 1 is 1.03 bits per heavy atom. The minimum atomic E-state index is 0. The number of guanidine groups is 1. The van der Waals surface area contributed by atoms with Gasteiger partial charge in [0.1, 0.15) is 0 Å². The van der Waals surface area contributed by atoms with Crippen LogP contribution in [0, 0.1) is 0 Å². The van der Waals surface area contributed by atoms with E-state index in [1.165, 1.54) is 18.7 Å². The van der Waals surface area contributed by atoms with Crippen molar-refractivity contribution in [2.75, 3.05) is 91.1 Å². The van der Waals surface area contributed by atoms with Crippen molar-refractivity contribution >= 4 is 35.6 Å². The first kappa shape index (κ1) is 28.9. The third-order valence-corrected chi connectivity index (χ3v) is 5.66. The van der Waals surface area contributed by atoms with Crippen LogP contribution in [-0.4, -0.2) is 102 Å². The molecule has 1 aromatic rings. The van der Waals surface area contributed by atoms with E-state index in [1.54, 1.807) is 7.11 Å². The van der Waals surface area contributed by atoms with E-state index in [9.17, 15) is 0 Å². The van der Waals surface area contributed by atoms with E-state index >= 15 is 0 Å². The quantitative estimate of drug-likeness (QED) is 0.158. The van der Waals surface area contributed by atoms with Crippen LogP contribution in [0.25, 0.3) is 0 Å². The van der Waals surface area contributed by atoms with Crippen molar-refractivity contribution < 1.29 is 4.74 Å². The van der Waals surface area contributed by atoms with E-state index in [-0.39, 0.29) is 24.0 Å². The summed E-state index contributed by atoms with van der Waals surface area (Å²) in [4.78, 5) is 12.2. The molecule has 8 heteroatoms. The summed E-state index contributed by atoms with van der Waals surface area (Å²) in [6.45, 7) is 13.4. The van der Waals surface area contributed by atoms with Crippen LogP contribution in [0.3, 0.4) is 0 Å². The Balaban J connectivity index is 0.00000512. The maximum absolute atomic E-state index is 5.12. The van der Waals surface area contributed by atoms with Crippen LogP contribution in [-0.2, 0) is 4.74 Å². The summed E-state index contributed by atoms with van der Waals surface area (Å²) in [6, 6.07) is 10.8. The average molecular weight is 561 g/mol. The molecule has 0 amide bonds. The summed E-state index contributed by atoms with van der Waals surface area (Å²) in [5.41, 5.74) is 1.35. The van der Waals surface area contributed by atoms with Crippen LogP contribution in [0.15, 0.2) is 35.3 Å². The summed E-state index contributed by atoms with van der Waals surface area (Å²) in [6.07, 6.45) is 3.41. The third-order valence-electron chi connectivity index (χ3n) is 5.66. The summed E-state index contributed by atoms with van der Waals surface area (Å²) in [7, 11) is 3.91. The van der Waals surface area contributed by atoms with Gasteiger partial charge in [0.05, 0.1) is 0 Å². The lowest BCUT2D eigenvalue weighted by Gasteiger charge is -2.36. The zero-order valence-corrected chi connectivity index (χ0v) is 22.7. The number of unbranched alkanes of at least 4 members (excludes halogenated alkanes) is 1. The number of piperazine rings is 1. The largest absolute Gasteiger partial charge is 0.385 e. The average Bonchev–Trinajstić information content (AvgIpc) is 2.80. The Morgan fingerprint density at radius 3 is 2.47 bits per heavy atom. The molecular weight excluding hydrogens is 515 g/mol. The minimum absolute atomic E-state index is 0. The number of anilines is 1. The second-order valence-electron chi connectivity index (χ2n) is 8.21. The first-order chi connectivity index (χ1) is 15.2. The summed E-state index contributed by atoms with van der Waals surface area (Å²) >= 11 is 0. The van der Waals surface area contributed by atoms with Crippen molar-refractivity contribution in [2.45, 2.75) is 26.2 Å². The van der Waals surface area contributed by atoms with Gasteiger partial charge < -0.3 is 25.2 Å². The van der Waals surface area contributed by atoms with Crippen LogP contribution >= 0.6 is 24.0 Å². The van der Waals surface area contributed by atoms with E-state index in [2.05, 4.69) is 69.6 Å². The molecule has 184 valence electrons. The molecule has 0 unspecified atom stereocenters. The Morgan fingerprint density at radius 2 is 1.78 bits per heavy atom. The van der Waals surface area contributed by atoms with Gasteiger partial charge in [-0.25, -0.2) is 0 Å². The Bertz CT molecular complexity index is 595. The number of hydrogen-bond acceptors (Lipinski definition) is 5. The lowest BCUT2D eigenvalue weighted by molar-refractivity contribution is 0.180. The third kappa shape index (κ3) is 12.2. The predicted molar refractivity (Wildman–Crippen MR) is 148 cm³/mol. The number of hydrogen-bond donors (Lipinski definition) is 2. The van der Waals surface area contributed by atoms with Crippen LogP contribution in [0.5, 0.6) is 0 Å². The summed E-state index contributed by atoms with van der Waals surface area (Å²) < 4.78 is 5.12. The number of nitrogens with zero attached hydrogens (tertiary/aromatic N) is 4. The molecule has 1 aliphatic heterocycles. The van der Waals surface area contributed by atoms with Crippen LogP contribution in [0.2, 0.25) is 0 Å². The van der Waals surface area contributed by atoms with Gasteiger partial charge in [-0.05, 0) is 51.9 Å². The highest BCUT2D eigenvalue weighted by Gasteiger charge is 2.16. The highest BCUT2D eigenvalue weighted by atomic mass is 127. The molecule has 7 nitrogen and oxygen atoms in total. The van der Waals surface area contributed by atoms with Gasteiger partial charge in [0.15, 0.2) is 5.96 Å². The fourth-order valence-corrected chi connectivity index (χ4v) is 3.80. The van der Waals surface area contributed by atoms with Crippen molar-refractivity contribution in [3.05, 3.63) is 30.3 Å². The van der Waals surface area contributed by atoms with E-state index in [0.717, 1.165) is 84.3 Å². The molecule has 0 spiro atoms. The van der Waals surface area contributed by atoms with Gasteiger partial charge in [0.2, 0.25) is 0 Å². The van der Waals surface area contributed by atoms with Crippen molar-refractivity contribution in [1.82, 2.24) is 20.4 Å². The first-order valence-corrected chi connectivity index (χ1v) is 11.9. The second-order valence-corrected chi connectivity index (χ2v) is 8.21. The number of rotatable bonds is 14. The molecule has 1 aliphatic rings. The number of para-hydroxylation sites is 1. The Hall–Kier alpha value is -1.10. The number of benzene rings is 1. The molecule has 0 aromatic heterocycles. The van der Waals surface area contributed by atoms with Gasteiger partial charge in [-0.2, -0.15) is 0 Å². The van der Waals surface area contributed by atoms with Gasteiger partial charge in [0, 0.05) is 78.3 Å². The SMILES string of the molecule is CCNC(=NCCCCN1CCN(c2ccccc2)CC1)NCCN(C)CCCOC.I. The zero-order valence-electron chi connectivity index (χ0n) is 20.4. The van der Waals surface area contributed by atoms with E-state index in [1.807, 2.05) is 0 Å². The fraction of sp³-hybridized carbons (Fsp3) is 0.708. The summed E-state index contributed by atoms with van der Waals surface area (Å²) in [5.74, 6) is 0.935. The molecule has 1 fully saturated rings. The number of halogens is 1. The van der Waals surface area contributed by atoms with E-state index in [4.69, 9.17) is 9.73 Å². The Kier molecular flexibility index (Phi) is 16.6. The topological polar surface area (TPSA) is 55.4 Å². The molecule has 1 aromatic carbocycles. The molecule has 0 saturated carbocycles. The number of ether oxygens (including phenoxy) is 1. The highest BCUT2D eigenvalue weighted by molar-refractivity contribution is 14.0. The van der Waals surface area contributed by atoms with Crippen LogP contribution in [0.4, 0.5) is 5.69 Å². The molecule has 2 rings (SSSR count). The maximum atomic E-state index is 5.12. The first-order valence-electron chi connectivity index (χ1n) is 11.9.